The van der Waals surface area contributed by atoms with E-state index in [9.17, 15) is 0 Å². The van der Waals surface area contributed by atoms with Crippen molar-refractivity contribution in [1.29, 1.82) is 0 Å². The van der Waals surface area contributed by atoms with Crippen LogP contribution in [0, 0.1) is 0 Å². The Morgan fingerprint density at radius 3 is 2.52 bits per heavy atom. The number of guanidine groups is 1. The maximum absolute atomic E-state index is 6.01. The lowest BCUT2D eigenvalue weighted by Gasteiger charge is -2.19. The summed E-state index contributed by atoms with van der Waals surface area (Å²) in [4.78, 5) is 7.04. The minimum Gasteiger partial charge on any atom is -0.492 e. The van der Waals surface area contributed by atoms with Crippen LogP contribution < -0.4 is 15.4 Å². The molecule has 0 amide bonds. The van der Waals surface area contributed by atoms with Gasteiger partial charge in [-0.25, -0.2) is 4.99 Å². The van der Waals surface area contributed by atoms with Crippen molar-refractivity contribution in [2.75, 3.05) is 46.5 Å². The van der Waals surface area contributed by atoms with Gasteiger partial charge < -0.3 is 25.0 Å². The van der Waals surface area contributed by atoms with E-state index in [1.54, 1.807) is 7.11 Å². The molecule has 1 rings (SSSR count). The zero-order valence-electron chi connectivity index (χ0n) is 17.5. The SMILES string of the molecule is CCNC(=NCc1ccccc1OCCN(CC)CC)NC(C)COC.I. The lowest BCUT2D eigenvalue weighted by atomic mass is 10.2. The summed E-state index contributed by atoms with van der Waals surface area (Å²) in [6.45, 7) is 14.2. The largest absolute Gasteiger partial charge is 0.492 e. The molecule has 0 aliphatic heterocycles. The average molecular weight is 492 g/mol. The van der Waals surface area contributed by atoms with Crippen molar-refractivity contribution in [3.05, 3.63) is 29.8 Å². The molecule has 6 nitrogen and oxygen atoms in total. The number of nitrogens with one attached hydrogen (secondary N) is 2. The predicted octanol–water partition coefficient (Wildman–Crippen LogP) is 3.12. The number of para-hydroxylation sites is 1. The van der Waals surface area contributed by atoms with Gasteiger partial charge in [-0.05, 0) is 33.0 Å². The summed E-state index contributed by atoms with van der Waals surface area (Å²) in [6.07, 6.45) is 0. The molecule has 27 heavy (non-hydrogen) atoms. The third-order valence-corrected chi connectivity index (χ3v) is 4.08. The monoisotopic (exact) mass is 492 g/mol. The number of rotatable bonds is 12. The first-order valence-corrected chi connectivity index (χ1v) is 9.61. The van der Waals surface area contributed by atoms with Crippen LogP contribution >= 0.6 is 24.0 Å². The topological polar surface area (TPSA) is 58.1 Å². The zero-order valence-corrected chi connectivity index (χ0v) is 19.8. The molecular weight excluding hydrogens is 455 g/mol. The molecule has 0 aliphatic carbocycles. The van der Waals surface area contributed by atoms with Crippen molar-refractivity contribution >= 4 is 29.9 Å². The standard InChI is InChI=1S/C20H36N4O2.HI/c1-6-21-20(23-17(4)16-25-5)22-15-18-11-9-10-12-19(18)26-14-13-24(7-2)8-3;/h9-12,17H,6-8,13-16H2,1-5H3,(H2,21,22,23);1H. The van der Waals surface area contributed by atoms with Crippen molar-refractivity contribution < 1.29 is 9.47 Å². The van der Waals surface area contributed by atoms with Crippen molar-refractivity contribution in [1.82, 2.24) is 15.5 Å². The summed E-state index contributed by atoms with van der Waals surface area (Å²) in [5, 5.41) is 6.62. The van der Waals surface area contributed by atoms with Crippen LogP contribution in [0.25, 0.3) is 0 Å². The number of benzene rings is 1. The molecule has 1 aromatic carbocycles. The molecule has 0 aromatic heterocycles. The van der Waals surface area contributed by atoms with Crippen molar-refractivity contribution in [3.8, 4) is 5.75 Å². The van der Waals surface area contributed by atoms with Crippen LogP contribution in [0.5, 0.6) is 5.75 Å². The van der Waals surface area contributed by atoms with Gasteiger partial charge in [-0.1, -0.05) is 32.0 Å². The number of methoxy groups -OCH3 is 1. The fourth-order valence-electron chi connectivity index (χ4n) is 2.61. The maximum Gasteiger partial charge on any atom is 0.191 e. The highest BCUT2D eigenvalue weighted by molar-refractivity contribution is 14.0. The summed E-state index contributed by atoms with van der Waals surface area (Å²) in [6, 6.07) is 8.30. The number of hydrogen-bond acceptors (Lipinski definition) is 4. The molecule has 0 fully saturated rings. The van der Waals surface area contributed by atoms with Crippen LogP contribution in [0.4, 0.5) is 0 Å². The van der Waals surface area contributed by atoms with E-state index in [-0.39, 0.29) is 30.0 Å². The highest BCUT2D eigenvalue weighted by atomic mass is 127. The van der Waals surface area contributed by atoms with Crippen LogP contribution in [-0.4, -0.2) is 63.4 Å². The van der Waals surface area contributed by atoms with Gasteiger partial charge in [-0.2, -0.15) is 0 Å². The van der Waals surface area contributed by atoms with Crippen molar-refractivity contribution in [3.63, 3.8) is 0 Å². The quantitative estimate of drug-likeness (QED) is 0.267. The predicted molar refractivity (Wildman–Crippen MR) is 124 cm³/mol. The molecular formula is C20H37IN4O2. The molecule has 1 aromatic rings. The first kappa shape index (κ1) is 25.9. The summed E-state index contributed by atoms with van der Waals surface area (Å²) >= 11 is 0. The molecule has 0 saturated carbocycles. The van der Waals surface area contributed by atoms with E-state index in [4.69, 9.17) is 14.5 Å². The maximum atomic E-state index is 6.01. The van der Waals surface area contributed by atoms with Gasteiger partial charge in [0.2, 0.25) is 0 Å². The minimum absolute atomic E-state index is 0. The average Bonchev–Trinajstić information content (AvgIpc) is 2.64. The second-order valence-electron chi connectivity index (χ2n) is 6.18. The van der Waals surface area contributed by atoms with E-state index in [0.29, 0.717) is 19.8 Å². The van der Waals surface area contributed by atoms with E-state index in [1.165, 1.54) is 0 Å². The molecule has 2 N–H and O–H groups in total. The van der Waals surface area contributed by atoms with E-state index in [1.807, 2.05) is 18.2 Å². The molecule has 0 aliphatic rings. The van der Waals surface area contributed by atoms with E-state index >= 15 is 0 Å². The van der Waals surface area contributed by atoms with Gasteiger partial charge >= 0.3 is 0 Å². The highest BCUT2D eigenvalue weighted by Gasteiger charge is 2.07. The summed E-state index contributed by atoms with van der Waals surface area (Å²) < 4.78 is 11.2. The number of hydrogen-bond donors (Lipinski definition) is 2. The Labute approximate surface area is 182 Å². The van der Waals surface area contributed by atoms with E-state index < -0.39 is 0 Å². The molecule has 0 saturated heterocycles. The molecule has 0 bridgehead atoms. The molecule has 0 heterocycles. The highest BCUT2D eigenvalue weighted by Crippen LogP contribution is 2.18. The van der Waals surface area contributed by atoms with Crippen LogP contribution in [0.15, 0.2) is 29.3 Å². The summed E-state index contributed by atoms with van der Waals surface area (Å²) in [5.41, 5.74) is 1.09. The van der Waals surface area contributed by atoms with Crippen LogP contribution in [0.1, 0.15) is 33.3 Å². The van der Waals surface area contributed by atoms with Crippen molar-refractivity contribution in [2.45, 2.75) is 40.3 Å². The number of halogens is 1. The summed E-state index contributed by atoms with van der Waals surface area (Å²) in [5.74, 6) is 1.69. The minimum atomic E-state index is 0. The summed E-state index contributed by atoms with van der Waals surface area (Å²) in [7, 11) is 1.70. The zero-order chi connectivity index (χ0) is 19.2. The Morgan fingerprint density at radius 1 is 1.19 bits per heavy atom. The van der Waals surface area contributed by atoms with Crippen LogP contribution in [-0.2, 0) is 11.3 Å². The Kier molecular flexibility index (Phi) is 15.3. The van der Waals surface area contributed by atoms with Crippen LogP contribution in [0.2, 0.25) is 0 Å². The van der Waals surface area contributed by atoms with Gasteiger partial charge in [-0.15, -0.1) is 24.0 Å². The second kappa shape index (κ2) is 15.9. The fourth-order valence-corrected chi connectivity index (χ4v) is 2.61. The van der Waals surface area contributed by atoms with Gasteiger partial charge in [0.05, 0.1) is 13.2 Å². The molecule has 0 spiro atoms. The third kappa shape index (κ3) is 10.8. The Balaban J connectivity index is 0.00000676. The van der Waals surface area contributed by atoms with Gasteiger partial charge in [-0.3, -0.25) is 0 Å². The molecule has 1 unspecified atom stereocenters. The third-order valence-electron chi connectivity index (χ3n) is 4.08. The van der Waals surface area contributed by atoms with Gasteiger partial charge in [0.1, 0.15) is 12.4 Å². The molecule has 0 radical (unpaired) electrons. The Hall–Kier alpha value is -1.06. The van der Waals surface area contributed by atoms with Crippen LogP contribution in [0.3, 0.4) is 0 Å². The van der Waals surface area contributed by atoms with E-state index in [0.717, 1.165) is 43.5 Å². The first-order chi connectivity index (χ1) is 12.6. The Bertz CT molecular complexity index is 524. The number of nitrogens with zero attached hydrogens (tertiary/aromatic N) is 2. The smallest absolute Gasteiger partial charge is 0.191 e. The Morgan fingerprint density at radius 2 is 1.89 bits per heavy atom. The second-order valence-corrected chi connectivity index (χ2v) is 6.18. The lowest BCUT2D eigenvalue weighted by molar-refractivity contribution is 0.179. The molecule has 156 valence electrons. The van der Waals surface area contributed by atoms with Gasteiger partial charge in [0.25, 0.3) is 0 Å². The molecule has 7 heteroatoms. The number of likely N-dealkylation sites (N-methyl/N-ethyl adjacent to an activating group) is 1. The van der Waals surface area contributed by atoms with Gasteiger partial charge in [0.15, 0.2) is 5.96 Å². The first-order valence-electron chi connectivity index (χ1n) is 9.61. The lowest BCUT2D eigenvalue weighted by Crippen LogP contribution is -2.43. The molecule has 1 atom stereocenters. The number of aliphatic imine (C=N–C) groups is 1. The van der Waals surface area contributed by atoms with Crippen molar-refractivity contribution in [2.24, 2.45) is 4.99 Å². The van der Waals surface area contributed by atoms with Gasteiger partial charge in [0, 0.05) is 31.8 Å². The van der Waals surface area contributed by atoms with E-state index in [2.05, 4.69) is 49.3 Å². The number of ether oxygens (including phenoxy) is 2. The fraction of sp³-hybridized carbons (Fsp3) is 0.650. The normalized spacial score (nSPS) is 12.4.